The average Bonchev–Trinajstić information content (AvgIpc) is 2.24. The Labute approximate surface area is 104 Å². The molecule has 0 saturated carbocycles. The average molecular weight is 256 g/mol. The van der Waals surface area contributed by atoms with E-state index in [1.165, 1.54) is 6.07 Å². The monoisotopic (exact) mass is 256 g/mol. The van der Waals surface area contributed by atoms with Crippen LogP contribution < -0.4 is 0 Å². The Morgan fingerprint density at radius 1 is 1.47 bits per heavy atom. The van der Waals surface area contributed by atoms with E-state index in [1.54, 1.807) is 12.1 Å². The van der Waals surface area contributed by atoms with Crippen molar-refractivity contribution in [3.8, 4) is 0 Å². The molecule has 0 spiro atoms. The number of hydrogen-bond donors (Lipinski definition) is 0. The van der Waals surface area contributed by atoms with Gasteiger partial charge in [0.25, 0.3) is 0 Å². The molecule has 0 radical (unpaired) electrons. The van der Waals surface area contributed by atoms with Crippen LogP contribution in [0.2, 0.25) is 0 Å². The van der Waals surface area contributed by atoms with Gasteiger partial charge in [0.15, 0.2) is 0 Å². The lowest BCUT2D eigenvalue weighted by Gasteiger charge is -2.14. The van der Waals surface area contributed by atoms with Gasteiger partial charge in [-0.2, -0.15) is 8.79 Å². The third-order valence-electron chi connectivity index (χ3n) is 2.06. The van der Waals surface area contributed by atoms with Crippen molar-refractivity contribution in [3.63, 3.8) is 0 Å². The van der Waals surface area contributed by atoms with E-state index in [9.17, 15) is 8.60 Å². The summed E-state index contributed by atoms with van der Waals surface area (Å²) in [4.78, 5) is 3.75. The maximum Gasteiger partial charge on any atom is 0.213 e. The topological polar surface area (TPSA) is 42.3 Å². The Morgan fingerprint density at radius 2 is 2.12 bits per heavy atom. The second-order valence-corrected chi connectivity index (χ2v) is 6.50. The molecule has 1 aromatic rings. The fourth-order valence-electron chi connectivity index (χ4n) is 1.10. The summed E-state index contributed by atoms with van der Waals surface area (Å²) in [7, 11) is -1.35. The molecule has 0 aromatic carbocycles. The van der Waals surface area contributed by atoms with E-state index in [-0.39, 0.29) is 0 Å². The van der Waals surface area contributed by atoms with Crippen LogP contribution in [-0.4, -0.2) is 19.7 Å². The van der Waals surface area contributed by atoms with Crippen LogP contribution in [0.4, 0.5) is 4.39 Å². The van der Waals surface area contributed by atoms with Crippen molar-refractivity contribution in [2.45, 2.75) is 38.9 Å². The highest BCUT2D eigenvalue weighted by Gasteiger charge is 2.20. The van der Waals surface area contributed by atoms with Crippen molar-refractivity contribution in [3.05, 3.63) is 29.8 Å². The molecular formula is C12H17FN2OS. The summed E-state index contributed by atoms with van der Waals surface area (Å²) >= 11 is 0. The molecule has 1 atom stereocenters. The van der Waals surface area contributed by atoms with Crippen molar-refractivity contribution in [2.75, 3.05) is 0 Å². The molecule has 5 heteroatoms. The Bertz CT molecular complexity index is 452. The first-order chi connectivity index (χ1) is 7.84. The predicted octanol–water partition coefficient (Wildman–Crippen LogP) is 2.88. The van der Waals surface area contributed by atoms with Crippen molar-refractivity contribution in [2.24, 2.45) is 4.40 Å². The predicted molar refractivity (Wildman–Crippen MR) is 68.9 cm³/mol. The Kier molecular flexibility index (Phi) is 4.51. The number of halogens is 1. The van der Waals surface area contributed by atoms with Gasteiger partial charge in [0.2, 0.25) is 5.95 Å². The molecule has 1 aromatic heterocycles. The number of nitrogens with zero attached hydrogens (tertiary/aromatic N) is 2. The van der Waals surface area contributed by atoms with Gasteiger partial charge in [-0.1, -0.05) is 13.0 Å². The van der Waals surface area contributed by atoms with Gasteiger partial charge in [-0.15, -0.1) is 0 Å². The quantitative estimate of drug-likeness (QED) is 0.616. The molecule has 1 rings (SSSR count). The van der Waals surface area contributed by atoms with Gasteiger partial charge in [0, 0.05) is 0 Å². The summed E-state index contributed by atoms with van der Waals surface area (Å²) in [5.41, 5.74) is 1.02. The minimum Gasteiger partial charge on any atom is -0.234 e. The van der Waals surface area contributed by atoms with Crippen LogP contribution in [0.3, 0.4) is 0 Å². The lowest BCUT2D eigenvalue weighted by Crippen LogP contribution is -2.21. The summed E-state index contributed by atoms with van der Waals surface area (Å²) in [5.74, 6) is -0.551. The van der Waals surface area contributed by atoms with Crippen LogP contribution in [-0.2, 0) is 11.0 Å². The zero-order chi connectivity index (χ0) is 13.1. The van der Waals surface area contributed by atoms with Crippen molar-refractivity contribution in [1.82, 2.24) is 4.98 Å². The lowest BCUT2D eigenvalue weighted by atomic mass is 10.2. The first kappa shape index (κ1) is 14.0. The zero-order valence-corrected chi connectivity index (χ0v) is 11.3. The lowest BCUT2D eigenvalue weighted by molar-refractivity contribution is 0.582. The summed E-state index contributed by atoms with van der Waals surface area (Å²) in [6, 6.07) is 4.52. The van der Waals surface area contributed by atoms with Crippen LogP contribution in [0.15, 0.2) is 22.6 Å². The fourth-order valence-corrected chi connectivity index (χ4v) is 1.80. The Morgan fingerprint density at radius 3 is 2.59 bits per heavy atom. The highest BCUT2D eigenvalue weighted by Crippen LogP contribution is 2.14. The van der Waals surface area contributed by atoms with Crippen molar-refractivity contribution >= 4 is 16.7 Å². The van der Waals surface area contributed by atoms with Crippen LogP contribution in [0, 0.1) is 5.95 Å². The molecular weight excluding hydrogens is 239 g/mol. The largest absolute Gasteiger partial charge is 0.234 e. The summed E-state index contributed by atoms with van der Waals surface area (Å²) in [6.45, 7) is 7.42. The molecule has 0 unspecified atom stereocenters. The maximum absolute atomic E-state index is 13.0. The van der Waals surface area contributed by atoms with Crippen LogP contribution in [0.1, 0.15) is 39.8 Å². The second kappa shape index (κ2) is 5.49. The van der Waals surface area contributed by atoms with Gasteiger partial charge in [-0.25, -0.2) is 9.19 Å². The van der Waals surface area contributed by atoms with Crippen molar-refractivity contribution in [1.29, 1.82) is 0 Å². The molecule has 3 nitrogen and oxygen atoms in total. The van der Waals surface area contributed by atoms with Gasteiger partial charge in [0.05, 0.1) is 16.2 Å². The summed E-state index contributed by atoms with van der Waals surface area (Å²) < 4.78 is 28.6. The first-order valence-corrected chi connectivity index (χ1v) is 6.57. The van der Waals surface area contributed by atoms with Gasteiger partial charge >= 0.3 is 0 Å². The zero-order valence-electron chi connectivity index (χ0n) is 10.5. The molecule has 0 aliphatic heterocycles. The summed E-state index contributed by atoms with van der Waals surface area (Å²) in [6.07, 6.45) is 0.568. The molecule has 0 aliphatic carbocycles. The minimum atomic E-state index is -1.35. The Hall–Kier alpha value is -1.10. The second-order valence-electron chi connectivity index (χ2n) is 4.60. The molecule has 17 heavy (non-hydrogen) atoms. The van der Waals surface area contributed by atoms with Gasteiger partial charge < -0.3 is 0 Å². The maximum atomic E-state index is 13.0. The van der Waals surface area contributed by atoms with E-state index >= 15 is 0 Å². The molecule has 0 fully saturated rings. The molecule has 94 valence electrons. The molecule has 0 amide bonds. The molecule has 0 bridgehead atoms. The number of pyridine rings is 1. The third kappa shape index (κ3) is 4.00. The highest BCUT2D eigenvalue weighted by atomic mass is 32.2. The van der Waals surface area contributed by atoms with Gasteiger partial charge in [-0.05, 0) is 39.3 Å². The smallest absolute Gasteiger partial charge is 0.213 e. The highest BCUT2D eigenvalue weighted by molar-refractivity contribution is 7.85. The number of hydrogen-bond acceptors (Lipinski definition) is 2. The van der Waals surface area contributed by atoms with Gasteiger partial charge in [0.1, 0.15) is 11.0 Å². The van der Waals surface area contributed by atoms with E-state index in [0.29, 0.717) is 17.8 Å². The number of aromatic nitrogens is 1. The summed E-state index contributed by atoms with van der Waals surface area (Å²) in [5, 5.41) is 0. The number of rotatable bonds is 3. The van der Waals surface area contributed by atoms with Crippen molar-refractivity contribution < 1.29 is 8.60 Å². The molecule has 0 aliphatic rings. The minimum absolute atomic E-state index is 0.423. The first-order valence-electron chi connectivity index (χ1n) is 5.47. The third-order valence-corrected chi connectivity index (χ3v) is 3.50. The molecule has 0 N–H and O–H groups in total. The van der Waals surface area contributed by atoms with E-state index in [4.69, 9.17) is 0 Å². The van der Waals surface area contributed by atoms with Crippen LogP contribution in [0.5, 0.6) is 0 Å². The standard InChI is InChI=1S/C12H17FN2OS/c1-5-9(15-17(16)12(2,3)4)10-7-6-8-11(13)14-10/h6-8H,5H2,1-4H3/b15-9+/t17-/m1/s1. The van der Waals surface area contributed by atoms with E-state index in [1.807, 2.05) is 27.7 Å². The fraction of sp³-hybridized carbons (Fsp3) is 0.500. The Balaban J connectivity index is 3.08. The van der Waals surface area contributed by atoms with Crippen LogP contribution in [0.25, 0.3) is 0 Å². The van der Waals surface area contributed by atoms with Gasteiger partial charge in [-0.3, -0.25) is 0 Å². The normalized spacial score (nSPS) is 14.8. The molecule has 0 saturated heterocycles. The van der Waals surface area contributed by atoms with E-state index in [2.05, 4.69) is 9.38 Å². The van der Waals surface area contributed by atoms with E-state index in [0.717, 1.165) is 0 Å². The molecule has 1 heterocycles. The van der Waals surface area contributed by atoms with Crippen LogP contribution >= 0.6 is 0 Å². The SMILES string of the molecule is CC/C(=N\[S@](=O)C(C)(C)C)c1cccc(F)n1. The van der Waals surface area contributed by atoms with E-state index < -0.39 is 21.7 Å².